The zero-order valence-electron chi connectivity index (χ0n) is 8.99. The molecule has 0 radical (unpaired) electrons. The Morgan fingerprint density at radius 1 is 1.64 bits per heavy atom. The average molecular weight is 194 g/mol. The van der Waals surface area contributed by atoms with Gasteiger partial charge in [0.15, 0.2) is 0 Å². The van der Waals surface area contributed by atoms with E-state index >= 15 is 0 Å². The van der Waals surface area contributed by atoms with E-state index in [4.69, 9.17) is 5.26 Å². The summed E-state index contributed by atoms with van der Waals surface area (Å²) in [7, 11) is 0. The molecular formula is C11H18N2O. The van der Waals surface area contributed by atoms with Crippen LogP contribution in [0.3, 0.4) is 0 Å². The maximum absolute atomic E-state index is 11.5. The molecule has 1 rings (SSSR count). The summed E-state index contributed by atoms with van der Waals surface area (Å²) in [6.45, 7) is 6.30. The molecule has 0 spiro atoms. The lowest BCUT2D eigenvalue weighted by Gasteiger charge is -2.12. The number of carbonyl (C=O) groups is 1. The van der Waals surface area contributed by atoms with Gasteiger partial charge in [-0.25, -0.2) is 0 Å². The molecular weight excluding hydrogens is 176 g/mol. The molecule has 0 aliphatic carbocycles. The minimum Gasteiger partial charge on any atom is -0.299 e. The molecule has 14 heavy (non-hydrogen) atoms. The zero-order valence-corrected chi connectivity index (χ0v) is 8.99. The number of hydrogen-bond acceptors (Lipinski definition) is 3. The highest BCUT2D eigenvalue weighted by atomic mass is 16.1. The Bertz CT molecular complexity index is 242. The van der Waals surface area contributed by atoms with Gasteiger partial charge in [0.05, 0.1) is 12.6 Å². The third kappa shape index (κ3) is 3.12. The third-order valence-electron chi connectivity index (χ3n) is 2.80. The molecule has 0 saturated carbocycles. The first kappa shape index (κ1) is 11.2. The van der Waals surface area contributed by atoms with Gasteiger partial charge >= 0.3 is 0 Å². The van der Waals surface area contributed by atoms with Gasteiger partial charge in [-0.15, -0.1) is 0 Å². The summed E-state index contributed by atoms with van der Waals surface area (Å²) >= 11 is 0. The molecule has 1 atom stereocenters. The van der Waals surface area contributed by atoms with Gasteiger partial charge in [0.2, 0.25) is 0 Å². The lowest BCUT2D eigenvalue weighted by atomic mass is 9.96. The topological polar surface area (TPSA) is 44.1 Å². The zero-order chi connectivity index (χ0) is 10.6. The second-order valence-electron chi connectivity index (χ2n) is 4.37. The minimum absolute atomic E-state index is 0.153. The van der Waals surface area contributed by atoms with E-state index in [2.05, 4.69) is 11.0 Å². The Kier molecular flexibility index (Phi) is 4.09. The highest BCUT2D eigenvalue weighted by Crippen LogP contribution is 2.20. The molecule has 0 bridgehead atoms. The van der Waals surface area contributed by atoms with Crippen molar-refractivity contribution in [3.63, 3.8) is 0 Å². The molecule has 78 valence electrons. The lowest BCUT2D eigenvalue weighted by molar-refractivity contribution is -0.122. The molecule has 1 aliphatic heterocycles. The SMILES string of the molecule is CC(C)C(=O)C[C@@H]1CCN(CC#N)C1. The molecule has 1 fully saturated rings. The van der Waals surface area contributed by atoms with Crippen LogP contribution in [0.1, 0.15) is 26.7 Å². The number of likely N-dealkylation sites (tertiary alicyclic amines) is 1. The van der Waals surface area contributed by atoms with E-state index in [1.165, 1.54) is 0 Å². The van der Waals surface area contributed by atoms with Gasteiger partial charge in [-0.1, -0.05) is 13.8 Å². The van der Waals surface area contributed by atoms with Crippen molar-refractivity contribution >= 4 is 5.78 Å². The molecule has 1 heterocycles. The second kappa shape index (κ2) is 5.11. The van der Waals surface area contributed by atoms with Crippen molar-refractivity contribution in [3.05, 3.63) is 0 Å². The van der Waals surface area contributed by atoms with Crippen molar-refractivity contribution < 1.29 is 4.79 Å². The van der Waals surface area contributed by atoms with Crippen LogP contribution in [0.4, 0.5) is 0 Å². The summed E-state index contributed by atoms with van der Waals surface area (Å²) in [5, 5.41) is 8.52. The summed E-state index contributed by atoms with van der Waals surface area (Å²) in [5.41, 5.74) is 0. The predicted octanol–water partition coefficient (Wildman–Crippen LogP) is 1.45. The van der Waals surface area contributed by atoms with Crippen LogP contribution in [0.25, 0.3) is 0 Å². The first-order valence-corrected chi connectivity index (χ1v) is 5.25. The predicted molar refractivity (Wildman–Crippen MR) is 54.6 cm³/mol. The smallest absolute Gasteiger partial charge is 0.135 e. The minimum atomic E-state index is 0.153. The maximum Gasteiger partial charge on any atom is 0.135 e. The molecule has 0 N–H and O–H groups in total. The number of hydrogen-bond donors (Lipinski definition) is 0. The Morgan fingerprint density at radius 2 is 2.36 bits per heavy atom. The van der Waals surface area contributed by atoms with Crippen LogP contribution >= 0.6 is 0 Å². The van der Waals surface area contributed by atoms with Gasteiger partial charge in [0.1, 0.15) is 5.78 Å². The van der Waals surface area contributed by atoms with E-state index in [-0.39, 0.29) is 5.92 Å². The first-order chi connectivity index (χ1) is 6.63. The molecule has 1 saturated heterocycles. The molecule has 0 unspecified atom stereocenters. The highest BCUT2D eigenvalue weighted by Gasteiger charge is 2.24. The van der Waals surface area contributed by atoms with E-state index in [1.807, 2.05) is 13.8 Å². The number of ketones is 1. The molecule has 3 nitrogen and oxygen atoms in total. The van der Waals surface area contributed by atoms with Crippen LogP contribution in [0.2, 0.25) is 0 Å². The van der Waals surface area contributed by atoms with Gasteiger partial charge in [0, 0.05) is 18.9 Å². The third-order valence-corrected chi connectivity index (χ3v) is 2.80. The highest BCUT2D eigenvalue weighted by molar-refractivity contribution is 5.80. The van der Waals surface area contributed by atoms with Gasteiger partial charge in [-0.2, -0.15) is 5.26 Å². The molecule has 0 aromatic heterocycles. The quantitative estimate of drug-likeness (QED) is 0.636. The number of rotatable bonds is 4. The molecule has 0 amide bonds. The van der Waals surface area contributed by atoms with E-state index in [1.54, 1.807) is 0 Å². The largest absolute Gasteiger partial charge is 0.299 e. The Labute approximate surface area is 85.7 Å². The first-order valence-electron chi connectivity index (χ1n) is 5.25. The fourth-order valence-electron chi connectivity index (χ4n) is 1.84. The molecule has 3 heteroatoms. The fourth-order valence-corrected chi connectivity index (χ4v) is 1.84. The van der Waals surface area contributed by atoms with Crippen LogP contribution in [-0.2, 0) is 4.79 Å². The van der Waals surface area contributed by atoms with Crippen molar-refractivity contribution in [2.75, 3.05) is 19.6 Å². The summed E-state index contributed by atoms with van der Waals surface area (Å²) in [4.78, 5) is 13.6. The van der Waals surface area contributed by atoms with Crippen molar-refractivity contribution in [3.8, 4) is 6.07 Å². The van der Waals surface area contributed by atoms with Crippen LogP contribution in [0.5, 0.6) is 0 Å². The summed E-state index contributed by atoms with van der Waals surface area (Å²) in [6.07, 6.45) is 1.76. The van der Waals surface area contributed by atoms with Gasteiger partial charge < -0.3 is 0 Å². The van der Waals surface area contributed by atoms with Crippen LogP contribution in [0, 0.1) is 23.2 Å². The number of nitrogens with zero attached hydrogens (tertiary/aromatic N) is 2. The van der Waals surface area contributed by atoms with Crippen molar-refractivity contribution in [2.24, 2.45) is 11.8 Å². The van der Waals surface area contributed by atoms with E-state index in [0.717, 1.165) is 19.5 Å². The second-order valence-corrected chi connectivity index (χ2v) is 4.37. The van der Waals surface area contributed by atoms with E-state index < -0.39 is 0 Å². The summed E-state index contributed by atoms with van der Waals surface area (Å²) < 4.78 is 0. The molecule has 1 aliphatic rings. The molecule has 0 aromatic rings. The van der Waals surface area contributed by atoms with Gasteiger partial charge in [-0.3, -0.25) is 9.69 Å². The van der Waals surface area contributed by atoms with Gasteiger partial charge in [-0.05, 0) is 18.9 Å². The van der Waals surface area contributed by atoms with Crippen LogP contribution in [0.15, 0.2) is 0 Å². The number of carbonyl (C=O) groups excluding carboxylic acids is 1. The monoisotopic (exact) mass is 194 g/mol. The Hall–Kier alpha value is -0.880. The van der Waals surface area contributed by atoms with E-state index in [0.29, 0.717) is 24.7 Å². The summed E-state index contributed by atoms with van der Waals surface area (Å²) in [6, 6.07) is 2.15. The maximum atomic E-state index is 11.5. The van der Waals surface area contributed by atoms with Crippen molar-refractivity contribution in [2.45, 2.75) is 26.7 Å². The summed E-state index contributed by atoms with van der Waals surface area (Å²) in [5.74, 6) is 0.993. The fraction of sp³-hybridized carbons (Fsp3) is 0.818. The Balaban J connectivity index is 2.29. The van der Waals surface area contributed by atoms with Gasteiger partial charge in [0.25, 0.3) is 0 Å². The normalized spacial score (nSPS) is 22.6. The van der Waals surface area contributed by atoms with Crippen molar-refractivity contribution in [1.82, 2.24) is 4.90 Å². The van der Waals surface area contributed by atoms with Crippen LogP contribution in [-0.4, -0.2) is 30.3 Å². The molecule has 0 aromatic carbocycles. The van der Waals surface area contributed by atoms with Crippen molar-refractivity contribution in [1.29, 1.82) is 5.26 Å². The number of Topliss-reactive ketones (excluding diaryl/α,β-unsaturated/α-hetero) is 1. The standard InChI is InChI=1S/C11H18N2O/c1-9(2)11(14)7-10-3-5-13(8-10)6-4-12/h9-10H,3,5-8H2,1-2H3/t10-/m0/s1. The number of nitriles is 1. The average Bonchev–Trinajstić information content (AvgIpc) is 2.53. The van der Waals surface area contributed by atoms with E-state index in [9.17, 15) is 4.79 Å². The van der Waals surface area contributed by atoms with Crippen LogP contribution < -0.4 is 0 Å². The Morgan fingerprint density at radius 3 is 2.93 bits per heavy atom. The lowest BCUT2D eigenvalue weighted by Crippen LogP contribution is -2.22.